The molecule has 0 aliphatic rings. The van der Waals surface area contributed by atoms with Crippen molar-refractivity contribution in [2.45, 2.75) is 13.5 Å². The summed E-state index contributed by atoms with van der Waals surface area (Å²) < 4.78 is 9.72. The molecule has 1 amide bonds. The van der Waals surface area contributed by atoms with E-state index >= 15 is 0 Å². The lowest BCUT2D eigenvalue weighted by atomic mass is 9.91. The van der Waals surface area contributed by atoms with E-state index in [4.69, 9.17) is 9.47 Å². The van der Waals surface area contributed by atoms with Gasteiger partial charge in [-0.1, -0.05) is 30.3 Å². The van der Waals surface area contributed by atoms with Crippen LogP contribution in [0.3, 0.4) is 0 Å². The van der Waals surface area contributed by atoms with Gasteiger partial charge in [0.25, 0.3) is 6.47 Å². The third-order valence-corrected chi connectivity index (χ3v) is 2.78. The maximum Gasteiger partial charge on any atom is 0.293 e. The minimum Gasteiger partial charge on any atom is -0.467 e. The van der Waals surface area contributed by atoms with E-state index in [1.54, 1.807) is 6.92 Å². The monoisotopic (exact) mass is 265 g/mol. The van der Waals surface area contributed by atoms with E-state index < -0.39 is 5.41 Å². The van der Waals surface area contributed by atoms with Gasteiger partial charge in [-0.15, -0.1) is 0 Å². The molecule has 5 heteroatoms. The number of carbonyl (C=O) groups excluding carboxylic acids is 2. The summed E-state index contributed by atoms with van der Waals surface area (Å²) in [6.07, 6.45) is 0. The first-order valence-electron chi connectivity index (χ1n) is 5.99. The molecule has 0 aliphatic heterocycles. The normalized spacial score (nSPS) is 13.4. The van der Waals surface area contributed by atoms with Crippen LogP contribution < -0.4 is 5.32 Å². The molecule has 104 valence electrons. The second-order valence-electron chi connectivity index (χ2n) is 4.57. The first-order chi connectivity index (χ1) is 9.12. The fourth-order valence-electron chi connectivity index (χ4n) is 1.70. The molecule has 1 atom stereocenters. The van der Waals surface area contributed by atoms with E-state index in [2.05, 4.69) is 5.32 Å². The molecule has 0 heterocycles. The smallest absolute Gasteiger partial charge is 0.293 e. The Morgan fingerprint density at radius 2 is 2.00 bits per heavy atom. The Bertz CT molecular complexity index is 407. The molecule has 0 spiro atoms. The van der Waals surface area contributed by atoms with Gasteiger partial charge in [0.2, 0.25) is 5.91 Å². The Morgan fingerprint density at radius 3 is 2.58 bits per heavy atom. The fraction of sp³-hybridized carbons (Fsp3) is 0.429. The van der Waals surface area contributed by atoms with Crippen LogP contribution in [0.2, 0.25) is 0 Å². The predicted octanol–water partition coefficient (Wildman–Crippen LogP) is 1.13. The lowest BCUT2D eigenvalue weighted by molar-refractivity contribution is -0.143. The zero-order valence-corrected chi connectivity index (χ0v) is 11.2. The molecule has 19 heavy (non-hydrogen) atoms. The third-order valence-electron chi connectivity index (χ3n) is 2.78. The van der Waals surface area contributed by atoms with Gasteiger partial charge in [0.15, 0.2) is 0 Å². The number of carbonyl (C=O) groups is 2. The molecule has 1 unspecified atom stereocenters. The van der Waals surface area contributed by atoms with E-state index in [1.165, 1.54) is 7.11 Å². The Balaban J connectivity index is 2.59. The van der Waals surface area contributed by atoms with Crippen molar-refractivity contribution in [3.8, 4) is 0 Å². The first kappa shape index (κ1) is 15.2. The highest BCUT2D eigenvalue weighted by Crippen LogP contribution is 2.17. The summed E-state index contributed by atoms with van der Waals surface area (Å²) in [7, 11) is 1.50. The molecule has 0 saturated carbocycles. The summed E-state index contributed by atoms with van der Waals surface area (Å²) in [6.45, 7) is 2.63. The van der Waals surface area contributed by atoms with E-state index in [9.17, 15) is 9.59 Å². The van der Waals surface area contributed by atoms with Crippen molar-refractivity contribution in [1.29, 1.82) is 0 Å². The van der Waals surface area contributed by atoms with Gasteiger partial charge in [0.1, 0.15) is 12.0 Å². The lowest BCUT2D eigenvalue weighted by Gasteiger charge is -2.26. The van der Waals surface area contributed by atoms with E-state index in [0.29, 0.717) is 13.0 Å². The zero-order valence-electron chi connectivity index (χ0n) is 11.2. The zero-order chi connectivity index (χ0) is 14.1. The van der Waals surface area contributed by atoms with Crippen LogP contribution in [0.15, 0.2) is 30.3 Å². The van der Waals surface area contributed by atoms with E-state index in [1.807, 2.05) is 30.3 Å². The van der Waals surface area contributed by atoms with Crippen molar-refractivity contribution >= 4 is 12.4 Å². The van der Waals surface area contributed by atoms with Crippen molar-refractivity contribution in [2.24, 2.45) is 5.41 Å². The highest BCUT2D eigenvalue weighted by Gasteiger charge is 2.34. The van der Waals surface area contributed by atoms with Gasteiger partial charge >= 0.3 is 0 Å². The van der Waals surface area contributed by atoms with Crippen LogP contribution in [0.25, 0.3) is 0 Å². The largest absolute Gasteiger partial charge is 0.467 e. The molecule has 0 fully saturated rings. The lowest BCUT2D eigenvalue weighted by Crippen LogP contribution is -2.44. The summed E-state index contributed by atoms with van der Waals surface area (Å²) in [6, 6.07) is 9.58. The topological polar surface area (TPSA) is 64.6 Å². The second kappa shape index (κ2) is 7.53. The van der Waals surface area contributed by atoms with Gasteiger partial charge < -0.3 is 14.8 Å². The number of amides is 1. The highest BCUT2D eigenvalue weighted by atomic mass is 16.5. The summed E-state index contributed by atoms with van der Waals surface area (Å²) in [5.41, 5.74) is 0.122. The van der Waals surface area contributed by atoms with E-state index in [0.717, 1.165) is 5.56 Å². The summed E-state index contributed by atoms with van der Waals surface area (Å²) in [5.74, 6) is -0.208. The molecule has 1 N–H and O–H groups in total. The van der Waals surface area contributed by atoms with Gasteiger partial charge in [-0.2, -0.15) is 0 Å². The van der Waals surface area contributed by atoms with Gasteiger partial charge in [-0.3, -0.25) is 9.59 Å². The van der Waals surface area contributed by atoms with Crippen molar-refractivity contribution < 1.29 is 19.1 Å². The van der Waals surface area contributed by atoms with Crippen LogP contribution >= 0.6 is 0 Å². The molecule has 1 aromatic carbocycles. The minimum atomic E-state index is -0.884. The van der Waals surface area contributed by atoms with Crippen molar-refractivity contribution in [1.82, 2.24) is 5.32 Å². The number of rotatable bonds is 8. The number of methoxy groups -OCH3 is 1. The summed E-state index contributed by atoms with van der Waals surface area (Å²) >= 11 is 0. The second-order valence-corrected chi connectivity index (χ2v) is 4.57. The molecule has 0 aliphatic carbocycles. The van der Waals surface area contributed by atoms with Crippen molar-refractivity contribution in [3.63, 3.8) is 0 Å². The molecule has 5 nitrogen and oxygen atoms in total. The maximum atomic E-state index is 12.1. The standard InChI is InChI=1S/C14H19NO4/c1-14(9-18-2,10-19-11-16)13(17)15-8-12-6-4-3-5-7-12/h3-7,11H,8-10H2,1-2H3,(H,15,17). The van der Waals surface area contributed by atoms with Crippen LogP contribution in [0.5, 0.6) is 0 Å². The molecule has 1 aromatic rings. The van der Waals surface area contributed by atoms with Gasteiger partial charge in [0, 0.05) is 13.7 Å². The Kier molecular flexibility index (Phi) is 6.02. The number of hydrogen-bond donors (Lipinski definition) is 1. The number of benzene rings is 1. The predicted molar refractivity (Wildman–Crippen MR) is 70.3 cm³/mol. The molecule has 1 rings (SSSR count). The van der Waals surface area contributed by atoms with Crippen LogP contribution in [-0.2, 0) is 25.6 Å². The highest BCUT2D eigenvalue weighted by molar-refractivity contribution is 5.82. The Labute approximate surface area is 112 Å². The van der Waals surface area contributed by atoms with Gasteiger partial charge in [0.05, 0.1) is 6.61 Å². The molecular weight excluding hydrogens is 246 g/mol. The first-order valence-corrected chi connectivity index (χ1v) is 5.99. The number of hydrogen-bond acceptors (Lipinski definition) is 4. The van der Waals surface area contributed by atoms with Crippen molar-refractivity contribution in [2.75, 3.05) is 20.3 Å². The van der Waals surface area contributed by atoms with E-state index in [-0.39, 0.29) is 19.1 Å². The number of nitrogens with one attached hydrogen (secondary N) is 1. The fourth-order valence-corrected chi connectivity index (χ4v) is 1.70. The maximum absolute atomic E-state index is 12.1. The van der Waals surface area contributed by atoms with Gasteiger partial charge in [-0.05, 0) is 12.5 Å². The Morgan fingerprint density at radius 1 is 1.32 bits per heavy atom. The van der Waals surface area contributed by atoms with Crippen LogP contribution in [0.4, 0.5) is 0 Å². The molecule has 0 saturated heterocycles. The molecule has 0 bridgehead atoms. The molecular formula is C14H19NO4. The van der Waals surface area contributed by atoms with Crippen LogP contribution in [0, 0.1) is 5.41 Å². The molecule has 0 aromatic heterocycles. The summed E-state index contributed by atoms with van der Waals surface area (Å²) in [4.78, 5) is 22.4. The quantitative estimate of drug-likeness (QED) is 0.716. The van der Waals surface area contributed by atoms with Gasteiger partial charge in [-0.25, -0.2) is 0 Å². The third kappa shape index (κ3) is 4.71. The van der Waals surface area contributed by atoms with Crippen LogP contribution in [0.1, 0.15) is 12.5 Å². The molecule has 0 radical (unpaired) electrons. The average molecular weight is 265 g/mol. The van der Waals surface area contributed by atoms with Crippen LogP contribution in [-0.4, -0.2) is 32.7 Å². The number of ether oxygens (including phenoxy) is 2. The Hall–Kier alpha value is -1.88. The summed E-state index contributed by atoms with van der Waals surface area (Å²) in [5, 5.41) is 2.82. The average Bonchev–Trinajstić information content (AvgIpc) is 2.44. The minimum absolute atomic E-state index is 0.00897. The SMILES string of the molecule is COCC(C)(COC=O)C(=O)NCc1ccccc1. The van der Waals surface area contributed by atoms with Crippen molar-refractivity contribution in [3.05, 3.63) is 35.9 Å².